The molecule has 1 aromatic rings. The van der Waals surface area contributed by atoms with Gasteiger partial charge < -0.3 is 10.6 Å². The smallest absolute Gasteiger partial charge is 0.0366 e. The minimum absolute atomic E-state index is 0.185. The van der Waals surface area contributed by atoms with E-state index in [9.17, 15) is 0 Å². The second-order valence-electron chi connectivity index (χ2n) is 5.44. The van der Waals surface area contributed by atoms with Crippen LogP contribution in [0.2, 0.25) is 0 Å². The Morgan fingerprint density at radius 3 is 2.28 bits per heavy atom. The molecule has 1 aromatic carbocycles. The summed E-state index contributed by atoms with van der Waals surface area (Å²) < 4.78 is 0. The van der Waals surface area contributed by atoms with Crippen LogP contribution in [0.4, 0.5) is 5.69 Å². The van der Waals surface area contributed by atoms with Gasteiger partial charge in [-0.25, -0.2) is 0 Å². The van der Waals surface area contributed by atoms with Crippen LogP contribution in [0.5, 0.6) is 0 Å². The van der Waals surface area contributed by atoms with Crippen LogP contribution in [0.3, 0.4) is 0 Å². The van der Waals surface area contributed by atoms with Crippen molar-refractivity contribution in [2.75, 3.05) is 18.0 Å². The first-order valence-electron chi connectivity index (χ1n) is 7.35. The summed E-state index contributed by atoms with van der Waals surface area (Å²) in [4.78, 5) is 2.51. The van der Waals surface area contributed by atoms with Crippen LogP contribution in [0.15, 0.2) is 24.3 Å². The molecule has 1 saturated heterocycles. The third-order valence-electron chi connectivity index (χ3n) is 4.32. The average molecular weight is 246 g/mol. The molecule has 2 nitrogen and oxygen atoms in total. The molecule has 1 aliphatic rings. The largest absolute Gasteiger partial charge is 0.372 e. The molecule has 0 aromatic heterocycles. The van der Waals surface area contributed by atoms with Crippen molar-refractivity contribution in [3.8, 4) is 0 Å². The molecule has 18 heavy (non-hydrogen) atoms. The molecular weight excluding hydrogens is 220 g/mol. The second kappa shape index (κ2) is 6.24. The van der Waals surface area contributed by atoms with Crippen LogP contribution in [0.25, 0.3) is 0 Å². The van der Waals surface area contributed by atoms with Crippen LogP contribution in [0, 0.1) is 5.92 Å². The van der Waals surface area contributed by atoms with Crippen LogP contribution in [-0.4, -0.2) is 13.1 Å². The molecule has 0 saturated carbocycles. The highest BCUT2D eigenvalue weighted by atomic mass is 15.1. The lowest BCUT2D eigenvalue weighted by molar-refractivity contribution is 0.395. The van der Waals surface area contributed by atoms with Crippen molar-refractivity contribution < 1.29 is 0 Å². The molecule has 1 aliphatic heterocycles. The van der Waals surface area contributed by atoms with Gasteiger partial charge in [0.05, 0.1) is 0 Å². The van der Waals surface area contributed by atoms with Crippen molar-refractivity contribution in [3.05, 3.63) is 29.8 Å². The number of nitrogens with zero attached hydrogens (tertiary/aromatic N) is 1. The van der Waals surface area contributed by atoms with Crippen molar-refractivity contribution in [2.45, 2.75) is 45.6 Å². The van der Waals surface area contributed by atoms with Crippen LogP contribution in [0.1, 0.15) is 51.1 Å². The van der Waals surface area contributed by atoms with Gasteiger partial charge in [0.15, 0.2) is 0 Å². The highest BCUT2D eigenvalue weighted by Gasteiger charge is 2.17. The molecule has 2 rings (SSSR count). The van der Waals surface area contributed by atoms with E-state index < -0.39 is 0 Å². The molecule has 1 fully saturated rings. The molecule has 0 aliphatic carbocycles. The molecule has 1 heterocycles. The Labute approximate surface area is 111 Å². The van der Waals surface area contributed by atoms with Gasteiger partial charge in [0.2, 0.25) is 0 Å². The van der Waals surface area contributed by atoms with Gasteiger partial charge in [-0.2, -0.15) is 0 Å². The number of hydrogen-bond acceptors (Lipinski definition) is 2. The van der Waals surface area contributed by atoms with Crippen LogP contribution >= 0.6 is 0 Å². The fourth-order valence-corrected chi connectivity index (χ4v) is 2.77. The third-order valence-corrected chi connectivity index (χ3v) is 4.32. The number of anilines is 1. The molecular formula is C16H26N2. The maximum atomic E-state index is 6.05. The first-order valence-corrected chi connectivity index (χ1v) is 7.35. The van der Waals surface area contributed by atoms with Crippen molar-refractivity contribution >= 4 is 5.69 Å². The number of piperidine rings is 1. The highest BCUT2D eigenvalue weighted by Crippen LogP contribution is 2.26. The maximum absolute atomic E-state index is 6.05. The molecule has 0 spiro atoms. The normalized spacial score (nSPS) is 18.9. The zero-order valence-corrected chi connectivity index (χ0v) is 11.7. The molecule has 0 radical (unpaired) electrons. The van der Waals surface area contributed by atoms with Gasteiger partial charge in [0.1, 0.15) is 0 Å². The fraction of sp³-hybridized carbons (Fsp3) is 0.625. The molecule has 0 unspecified atom stereocenters. The van der Waals surface area contributed by atoms with Gasteiger partial charge in [0, 0.05) is 24.8 Å². The molecule has 1 atom stereocenters. The Balaban J connectivity index is 1.98. The maximum Gasteiger partial charge on any atom is 0.0366 e. The standard InChI is InChI=1S/C16H26N2/c1-3-13-9-11-18(12-10-13)15-7-5-14(6-8-15)16(17)4-2/h5-8,13,16H,3-4,9-12,17H2,1-2H3/t16-/m1/s1. The van der Waals surface area contributed by atoms with E-state index in [1.54, 1.807) is 0 Å². The number of rotatable bonds is 4. The number of benzene rings is 1. The Hall–Kier alpha value is -1.02. The Morgan fingerprint density at radius 1 is 1.17 bits per heavy atom. The number of nitrogens with two attached hydrogens (primary N) is 1. The molecule has 2 N–H and O–H groups in total. The van der Waals surface area contributed by atoms with Crippen LogP contribution in [-0.2, 0) is 0 Å². The van der Waals surface area contributed by atoms with E-state index in [-0.39, 0.29) is 6.04 Å². The summed E-state index contributed by atoms with van der Waals surface area (Å²) in [7, 11) is 0. The Bertz CT molecular complexity index is 350. The summed E-state index contributed by atoms with van der Waals surface area (Å²) in [6.07, 6.45) is 5.01. The van der Waals surface area contributed by atoms with Crippen molar-refractivity contribution in [1.29, 1.82) is 0 Å². The molecule has 100 valence electrons. The van der Waals surface area contributed by atoms with Gasteiger partial charge in [-0.3, -0.25) is 0 Å². The lowest BCUT2D eigenvalue weighted by Crippen LogP contribution is -2.33. The average Bonchev–Trinajstić information content (AvgIpc) is 2.47. The Morgan fingerprint density at radius 2 is 1.78 bits per heavy atom. The van der Waals surface area contributed by atoms with E-state index in [4.69, 9.17) is 5.73 Å². The highest BCUT2D eigenvalue weighted by molar-refractivity contribution is 5.48. The predicted octanol–water partition coefficient (Wildman–Crippen LogP) is 3.72. The first kappa shape index (κ1) is 13.4. The molecule has 2 heteroatoms. The van der Waals surface area contributed by atoms with E-state index in [1.165, 1.54) is 43.6 Å². The first-order chi connectivity index (χ1) is 8.74. The quantitative estimate of drug-likeness (QED) is 0.877. The minimum Gasteiger partial charge on any atom is -0.372 e. The van der Waals surface area contributed by atoms with Gasteiger partial charge in [0.25, 0.3) is 0 Å². The summed E-state index contributed by atoms with van der Waals surface area (Å²) in [6.45, 7) is 6.85. The van der Waals surface area contributed by atoms with Crippen molar-refractivity contribution in [3.63, 3.8) is 0 Å². The lowest BCUT2D eigenvalue weighted by atomic mass is 9.94. The van der Waals surface area contributed by atoms with E-state index in [2.05, 4.69) is 43.0 Å². The van der Waals surface area contributed by atoms with Crippen LogP contribution < -0.4 is 10.6 Å². The zero-order chi connectivity index (χ0) is 13.0. The molecule has 0 bridgehead atoms. The number of hydrogen-bond donors (Lipinski definition) is 1. The van der Waals surface area contributed by atoms with E-state index >= 15 is 0 Å². The summed E-state index contributed by atoms with van der Waals surface area (Å²) in [5.74, 6) is 0.939. The van der Waals surface area contributed by atoms with E-state index in [0.29, 0.717) is 0 Å². The van der Waals surface area contributed by atoms with Gasteiger partial charge in [-0.05, 0) is 42.9 Å². The lowest BCUT2D eigenvalue weighted by Gasteiger charge is -2.33. The summed E-state index contributed by atoms with van der Waals surface area (Å²) in [5, 5.41) is 0. The fourth-order valence-electron chi connectivity index (χ4n) is 2.77. The predicted molar refractivity (Wildman–Crippen MR) is 78.9 cm³/mol. The van der Waals surface area contributed by atoms with Crippen molar-refractivity contribution in [1.82, 2.24) is 0 Å². The van der Waals surface area contributed by atoms with E-state index in [0.717, 1.165) is 12.3 Å². The zero-order valence-electron chi connectivity index (χ0n) is 11.7. The monoisotopic (exact) mass is 246 g/mol. The second-order valence-corrected chi connectivity index (χ2v) is 5.44. The van der Waals surface area contributed by atoms with E-state index in [1.807, 2.05) is 0 Å². The third kappa shape index (κ3) is 3.05. The summed E-state index contributed by atoms with van der Waals surface area (Å²) in [6, 6.07) is 9.03. The van der Waals surface area contributed by atoms with Crippen molar-refractivity contribution in [2.24, 2.45) is 11.7 Å². The van der Waals surface area contributed by atoms with Gasteiger partial charge in [-0.15, -0.1) is 0 Å². The SMILES string of the molecule is CCC1CCN(c2ccc([C@H](N)CC)cc2)CC1. The summed E-state index contributed by atoms with van der Waals surface area (Å²) >= 11 is 0. The minimum atomic E-state index is 0.185. The van der Waals surface area contributed by atoms with Gasteiger partial charge >= 0.3 is 0 Å². The topological polar surface area (TPSA) is 29.3 Å². The molecule has 0 amide bonds. The summed E-state index contributed by atoms with van der Waals surface area (Å²) in [5.41, 5.74) is 8.66. The Kier molecular flexibility index (Phi) is 4.65. The van der Waals surface area contributed by atoms with Gasteiger partial charge in [-0.1, -0.05) is 32.4 Å².